The van der Waals surface area contributed by atoms with Crippen LogP contribution in [0.25, 0.3) is 0 Å². The van der Waals surface area contributed by atoms with Gasteiger partial charge in [0.25, 0.3) is 5.69 Å². The smallest absolute Gasteiger partial charge is 0.285 e. The molecule has 0 N–H and O–H groups in total. The van der Waals surface area contributed by atoms with Crippen molar-refractivity contribution in [1.82, 2.24) is 0 Å². The van der Waals surface area contributed by atoms with Gasteiger partial charge < -0.3 is 4.90 Å². The van der Waals surface area contributed by atoms with E-state index in [-0.39, 0.29) is 5.69 Å². The Morgan fingerprint density at radius 2 is 2.00 bits per heavy atom. The molecule has 0 saturated carbocycles. The molecule has 0 bridgehead atoms. The summed E-state index contributed by atoms with van der Waals surface area (Å²) in [6.07, 6.45) is 0. The summed E-state index contributed by atoms with van der Waals surface area (Å²) in [7, 11) is 3.72. The van der Waals surface area contributed by atoms with Crippen molar-refractivity contribution in [3.05, 3.63) is 32.3 Å². The molecule has 1 rings (SSSR count). The summed E-state index contributed by atoms with van der Waals surface area (Å²) in [5, 5.41) is 10.7. The molecule has 5 heteroatoms. The van der Waals surface area contributed by atoms with Crippen LogP contribution in [0.3, 0.4) is 0 Å². The molecule has 76 valence electrons. The lowest BCUT2D eigenvalue weighted by molar-refractivity contribution is -0.385. The van der Waals surface area contributed by atoms with Crippen LogP contribution in [-0.2, 0) is 0 Å². The van der Waals surface area contributed by atoms with Gasteiger partial charge in [-0.15, -0.1) is 0 Å². The van der Waals surface area contributed by atoms with E-state index in [1.807, 2.05) is 25.9 Å². The van der Waals surface area contributed by atoms with E-state index in [9.17, 15) is 10.1 Å². The van der Waals surface area contributed by atoms with Gasteiger partial charge in [-0.05, 0) is 34.5 Å². The minimum absolute atomic E-state index is 0.0966. The average molecular weight is 259 g/mol. The third kappa shape index (κ3) is 2.04. The third-order valence-corrected chi connectivity index (χ3v) is 2.58. The second-order valence-electron chi connectivity index (χ2n) is 3.24. The topological polar surface area (TPSA) is 46.4 Å². The lowest BCUT2D eigenvalue weighted by Gasteiger charge is -2.15. The van der Waals surface area contributed by atoms with Crippen LogP contribution in [0.5, 0.6) is 0 Å². The predicted molar refractivity (Wildman–Crippen MR) is 59.9 cm³/mol. The van der Waals surface area contributed by atoms with E-state index in [0.29, 0.717) is 4.47 Å². The molecule has 0 radical (unpaired) electrons. The number of nitro groups is 1. The summed E-state index contributed by atoms with van der Waals surface area (Å²) in [6.45, 7) is 1.92. The highest BCUT2D eigenvalue weighted by molar-refractivity contribution is 9.10. The van der Waals surface area contributed by atoms with Crippen molar-refractivity contribution in [2.24, 2.45) is 0 Å². The molecule has 0 aliphatic heterocycles. The molecule has 0 aliphatic carbocycles. The maximum absolute atomic E-state index is 10.7. The molecule has 0 amide bonds. The summed E-state index contributed by atoms with van der Waals surface area (Å²) >= 11 is 3.17. The first-order valence-electron chi connectivity index (χ1n) is 4.05. The van der Waals surface area contributed by atoms with Gasteiger partial charge in [-0.1, -0.05) is 0 Å². The summed E-state index contributed by atoms with van der Waals surface area (Å²) in [6, 6.07) is 3.33. The standard InChI is InChI=1S/C9H11BrN2O2/c1-6-4-7(10)9(12(13)14)5-8(6)11(2)3/h4-5H,1-3H3. The zero-order chi connectivity index (χ0) is 10.9. The van der Waals surface area contributed by atoms with Gasteiger partial charge in [-0.3, -0.25) is 10.1 Å². The molecule has 0 atom stereocenters. The quantitative estimate of drug-likeness (QED) is 0.606. The highest BCUT2D eigenvalue weighted by atomic mass is 79.9. The number of anilines is 1. The van der Waals surface area contributed by atoms with Crippen LogP contribution in [0, 0.1) is 17.0 Å². The van der Waals surface area contributed by atoms with Gasteiger partial charge in [-0.25, -0.2) is 0 Å². The second kappa shape index (κ2) is 3.96. The second-order valence-corrected chi connectivity index (χ2v) is 4.10. The number of benzene rings is 1. The highest BCUT2D eigenvalue weighted by Gasteiger charge is 2.15. The van der Waals surface area contributed by atoms with E-state index in [1.54, 1.807) is 12.1 Å². The summed E-state index contributed by atoms with van der Waals surface area (Å²) in [5.41, 5.74) is 1.96. The summed E-state index contributed by atoms with van der Waals surface area (Å²) in [4.78, 5) is 12.1. The number of rotatable bonds is 2. The van der Waals surface area contributed by atoms with E-state index in [4.69, 9.17) is 0 Å². The Morgan fingerprint density at radius 3 is 2.43 bits per heavy atom. The summed E-state index contributed by atoms with van der Waals surface area (Å²) < 4.78 is 0.519. The number of hydrogen-bond acceptors (Lipinski definition) is 3. The van der Waals surface area contributed by atoms with E-state index >= 15 is 0 Å². The van der Waals surface area contributed by atoms with Crippen LogP contribution < -0.4 is 4.90 Å². The van der Waals surface area contributed by atoms with Crippen molar-refractivity contribution < 1.29 is 4.92 Å². The van der Waals surface area contributed by atoms with Crippen molar-refractivity contribution in [3.8, 4) is 0 Å². The van der Waals surface area contributed by atoms with Crippen LogP contribution in [-0.4, -0.2) is 19.0 Å². The Labute approximate surface area is 90.8 Å². The maximum Gasteiger partial charge on any atom is 0.285 e. The van der Waals surface area contributed by atoms with Crippen LogP contribution in [0.2, 0.25) is 0 Å². The van der Waals surface area contributed by atoms with Crippen molar-refractivity contribution in [1.29, 1.82) is 0 Å². The number of aryl methyl sites for hydroxylation is 1. The lowest BCUT2D eigenvalue weighted by atomic mass is 10.1. The molecular weight excluding hydrogens is 248 g/mol. The molecule has 1 aromatic carbocycles. The van der Waals surface area contributed by atoms with Gasteiger partial charge in [0.2, 0.25) is 0 Å². The zero-order valence-electron chi connectivity index (χ0n) is 8.24. The van der Waals surface area contributed by atoms with Crippen molar-refractivity contribution >= 4 is 27.3 Å². The summed E-state index contributed by atoms with van der Waals surface area (Å²) in [5.74, 6) is 0. The molecule has 4 nitrogen and oxygen atoms in total. The normalized spacial score (nSPS) is 10.0. The number of nitro benzene ring substituents is 1. The van der Waals surface area contributed by atoms with Gasteiger partial charge in [-0.2, -0.15) is 0 Å². The van der Waals surface area contributed by atoms with Gasteiger partial charge >= 0.3 is 0 Å². The first-order valence-corrected chi connectivity index (χ1v) is 4.84. The fourth-order valence-corrected chi connectivity index (χ4v) is 1.87. The Morgan fingerprint density at radius 1 is 1.43 bits per heavy atom. The van der Waals surface area contributed by atoms with E-state index < -0.39 is 4.92 Å². The fourth-order valence-electron chi connectivity index (χ4n) is 1.27. The van der Waals surface area contributed by atoms with E-state index in [1.165, 1.54) is 0 Å². The van der Waals surface area contributed by atoms with Gasteiger partial charge in [0.15, 0.2) is 0 Å². The van der Waals surface area contributed by atoms with Crippen molar-refractivity contribution in [2.75, 3.05) is 19.0 Å². The number of nitrogens with zero attached hydrogens (tertiary/aromatic N) is 2. The predicted octanol–water partition coefficient (Wildman–Crippen LogP) is 2.73. The highest BCUT2D eigenvalue weighted by Crippen LogP contribution is 2.31. The van der Waals surface area contributed by atoms with Gasteiger partial charge in [0.05, 0.1) is 9.40 Å². The molecule has 0 saturated heterocycles. The minimum Gasteiger partial charge on any atom is -0.377 e. The molecule has 0 spiro atoms. The maximum atomic E-state index is 10.7. The Bertz CT molecular complexity index is 377. The van der Waals surface area contributed by atoms with Crippen molar-refractivity contribution in [3.63, 3.8) is 0 Å². The monoisotopic (exact) mass is 258 g/mol. The third-order valence-electron chi connectivity index (χ3n) is 1.94. The molecule has 0 aliphatic rings. The zero-order valence-corrected chi connectivity index (χ0v) is 9.83. The van der Waals surface area contributed by atoms with Crippen LogP contribution in [0.1, 0.15) is 5.56 Å². The fraction of sp³-hybridized carbons (Fsp3) is 0.333. The molecule has 0 aromatic heterocycles. The van der Waals surface area contributed by atoms with Gasteiger partial charge in [0.1, 0.15) is 0 Å². The van der Waals surface area contributed by atoms with Crippen LogP contribution in [0.4, 0.5) is 11.4 Å². The SMILES string of the molecule is Cc1cc(Br)c([N+](=O)[O-])cc1N(C)C. The molecule has 0 heterocycles. The molecule has 0 unspecified atom stereocenters. The largest absolute Gasteiger partial charge is 0.377 e. The average Bonchev–Trinajstić information content (AvgIpc) is 2.02. The number of halogens is 1. The lowest BCUT2D eigenvalue weighted by Crippen LogP contribution is -2.10. The molecule has 1 aromatic rings. The Kier molecular flexibility index (Phi) is 3.10. The first-order chi connectivity index (χ1) is 6.43. The van der Waals surface area contributed by atoms with E-state index in [2.05, 4.69) is 15.9 Å². The first kappa shape index (κ1) is 11.0. The van der Waals surface area contributed by atoms with Crippen LogP contribution in [0.15, 0.2) is 16.6 Å². The van der Waals surface area contributed by atoms with Crippen LogP contribution >= 0.6 is 15.9 Å². The molecule has 14 heavy (non-hydrogen) atoms. The van der Waals surface area contributed by atoms with Gasteiger partial charge in [0, 0.05) is 25.8 Å². The molecule has 0 fully saturated rings. The van der Waals surface area contributed by atoms with E-state index in [0.717, 1.165) is 11.3 Å². The van der Waals surface area contributed by atoms with Crippen molar-refractivity contribution in [2.45, 2.75) is 6.92 Å². The Balaban J connectivity index is 3.34. The number of hydrogen-bond donors (Lipinski definition) is 0. The minimum atomic E-state index is -0.392. The molecular formula is C9H11BrN2O2. The Hall–Kier alpha value is -1.10.